The highest BCUT2D eigenvalue weighted by Gasteiger charge is 2.06. The zero-order valence-corrected chi connectivity index (χ0v) is 6.93. The van der Waals surface area contributed by atoms with Crippen LogP contribution in [-0.2, 0) is 4.79 Å². The molecule has 0 atom stereocenters. The summed E-state index contributed by atoms with van der Waals surface area (Å²) < 4.78 is 0. The van der Waals surface area contributed by atoms with Crippen molar-refractivity contribution in [1.29, 1.82) is 0 Å². The summed E-state index contributed by atoms with van der Waals surface area (Å²) in [5.74, 6) is -0.484. The average Bonchev–Trinajstić information content (AvgIpc) is 1.84. The number of hydrogen-bond acceptors (Lipinski definition) is 1. The minimum Gasteiger partial charge on any atom is -0.478 e. The van der Waals surface area contributed by atoms with Gasteiger partial charge in [0.05, 0.1) is 0 Å². The molecule has 0 bridgehead atoms. The number of allylic oxidation sites excluding steroid dienone is 1. The van der Waals surface area contributed by atoms with Crippen LogP contribution in [0.2, 0.25) is 0 Å². The Morgan fingerprint density at radius 3 is 1.90 bits per heavy atom. The molecular weight excluding hydrogens is 128 g/mol. The number of rotatable bonds is 2. The van der Waals surface area contributed by atoms with E-state index in [0.29, 0.717) is 11.5 Å². The van der Waals surface area contributed by atoms with Crippen molar-refractivity contribution >= 4 is 5.97 Å². The van der Waals surface area contributed by atoms with Crippen molar-refractivity contribution in [2.75, 3.05) is 0 Å². The van der Waals surface area contributed by atoms with Crippen LogP contribution in [0.4, 0.5) is 0 Å². The van der Waals surface area contributed by atoms with Crippen LogP contribution < -0.4 is 0 Å². The Morgan fingerprint density at radius 1 is 1.40 bits per heavy atom. The average molecular weight is 145 g/mol. The molecule has 0 aromatic heterocycles. The Labute approximate surface area is 63.0 Å². The van der Waals surface area contributed by atoms with Gasteiger partial charge in [0.25, 0.3) is 0 Å². The Balaban J connectivity index is 0. The fourth-order valence-corrected chi connectivity index (χ4v) is 0.602. The molecule has 0 spiro atoms. The molecule has 0 saturated heterocycles. The van der Waals surface area contributed by atoms with Crippen molar-refractivity contribution in [3.8, 4) is 0 Å². The van der Waals surface area contributed by atoms with Gasteiger partial charge < -0.3 is 5.11 Å². The van der Waals surface area contributed by atoms with Gasteiger partial charge in [-0.3, -0.25) is 0 Å². The third-order valence-corrected chi connectivity index (χ3v) is 1.78. The zero-order chi connectivity index (χ0) is 8.31. The van der Waals surface area contributed by atoms with Gasteiger partial charge in [-0.1, -0.05) is 19.4 Å². The van der Waals surface area contributed by atoms with Gasteiger partial charge in [-0.2, -0.15) is 0 Å². The topological polar surface area (TPSA) is 37.3 Å². The highest BCUT2D eigenvalue weighted by atomic mass is 16.4. The van der Waals surface area contributed by atoms with Gasteiger partial charge in [0, 0.05) is 7.00 Å². The van der Waals surface area contributed by atoms with E-state index in [1.54, 1.807) is 6.92 Å². The number of hydrogen-bond donors (Lipinski definition) is 1. The summed E-state index contributed by atoms with van der Waals surface area (Å²) in [5, 5.41) is 8.54. The molecule has 0 heterocycles. The lowest BCUT2D eigenvalue weighted by atomic mass is 10.0. The SMILES string of the molecule is C/C(C(=O)O)=C(/C)C(C)C.[2HH]. The molecule has 2 heteroatoms. The van der Waals surface area contributed by atoms with E-state index in [-0.39, 0.29) is 1.43 Å². The minimum absolute atomic E-state index is 0. The minimum atomic E-state index is -0.814. The predicted octanol–water partition coefficient (Wildman–Crippen LogP) is 2.31. The lowest BCUT2D eigenvalue weighted by molar-refractivity contribution is -0.132. The molecular formula is C8H16O2. The van der Waals surface area contributed by atoms with E-state index in [1.807, 2.05) is 20.8 Å². The van der Waals surface area contributed by atoms with E-state index in [4.69, 9.17) is 5.11 Å². The lowest BCUT2D eigenvalue weighted by Crippen LogP contribution is -2.02. The molecule has 0 rings (SSSR count). The summed E-state index contributed by atoms with van der Waals surface area (Å²) >= 11 is 0. The van der Waals surface area contributed by atoms with Crippen molar-refractivity contribution < 1.29 is 11.3 Å². The maximum atomic E-state index is 10.4. The van der Waals surface area contributed by atoms with Gasteiger partial charge >= 0.3 is 5.97 Å². The molecule has 2 nitrogen and oxygen atoms in total. The molecule has 0 radical (unpaired) electrons. The van der Waals surface area contributed by atoms with Crippen molar-refractivity contribution in [3.05, 3.63) is 11.1 Å². The Kier molecular flexibility index (Phi) is 3.13. The van der Waals surface area contributed by atoms with Gasteiger partial charge in [0.1, 0.15) is 0 Å². The van der Waals surface area contributed by atoms with E-state index in [9.17, 15) is 4.79 Å². The van der Waals surface area contributed by atoms with E-state index >= 15 is 0 Å². The van der Waals surface area contributed by atoms with Gasteiger partial charge in [0.15, 0.2) is 0 Å². The van der Waals surface area contributed by atoms with Gasteiger partial charge in [0.2, 0.25) is 0 Å². The van der Waals surface area contributed by atoms with E-state index in [2.05, 4.69) is 0 Å². The fourth-order valence-electron chi connectivity index (χ4n) is 0.602. The number of carboxylic acid groups (broad SMARTS) is 1. The molecule has 0 aliphatic heterocycles. The lowest BCUT2D eigenvalue weighted by Gasteiger charge is -2.06. The molecule has 60 valence electrons. The first kappa shape index (κ1) is 9.21. The highest BCUT2D eigenvalue weighted by Crippen LogP contribution is 2.13. The summed E-state index contributed by atoms with van der Waals surface area (Å²) in [6.45, 7) is 7.47. The molecule has 0 aromatic rings. The third kappa shape index (κ3) is 2.21. The third-order valence-electron chi connectivity index (χ3n) is 1.78. The van der Waals surface area contributed by atoms with Crippen molar-refractivity contribution in [2.45, 2.75) is 27.7 Å². The summed E-state index contributed by atoms with van der Waals surface area (Å²) in [6, 6.07) is 0. The summed E-state index contributed by atoms with van der Waals surface area (Å²) in [4.78, 5) is 10.4. The van der Waals surface area contributed by atoms with Crippen molar-refractivity contribution in [2.24, 2.45) is 5.92 Å². The Hall–Kier alpha value is -0.790. The van der Waals surface area contributed by atoms with Crippen LogP contribution in [0.25, 0.3) is 0 Å². The predicted molar refractivity (Wildman–Crippen MR) is 43.0 cm³/mol. The smallest absolute Gasteiger partial charge is 0.331 e. The summed E-state index contributed by atoms with van der Waals surface area (Å²) in [6.07, 6.45) is 0. The van der Waals surface area contributed by atoms with Crippen LogP contribution in [0.1, 0.15) is 29.1 Å². The zero-order valence-electron chi connectivity index (χ0n) is 6.93. The largest absolute Gasteiger partial charge is 0.478 e. The Bertz CT molecular complexity index is 171. The van der Waals surface area contributed by atoms with Crippen LogP contribution in [0.3, 0.4) is 0 Å². The maximum Gasteiger partial charge on any atom is 0.331 e. The van der Waals surface area contributed by atoms with Crippen LogP contribution in [0, 0.1) is 5.92 Å². The monoisotopic (exact) mass is 145 g/mol. The first-order valence-corrected chi connectivity index (χ1v) is 3.37. The maximum absolute atomic E-state index is 10.4. The van der Waals surface area contributed by atoms with Crippen LogP contribution in [0.15, 0.2) is 11.1 Å². The molecule has 0 amide bonds. The fraction of sp³-hybridized carbons (Fsp3) is 0.625. The van der Waals surface area contributed by atoms with E-state index < -0.39 is 5.97 Å². The number of carbonyl (C=O) groups is 1. The van der Waals surface area contributed by atoms with Crippen molar-refractivity contribution in [3.63, 3.8) is 0 Å². The number of carboxylic acids is 1. The second kappa shape index (κ2) is 3.40. The van der Waals surface area contributed by atoms with Crippen LogP contribution >= 0.6 is 0 Å². The summed E-state index contributed by atoms with van der Waals surface area (Å²) in [7, 11) is 0. The Morgan fingerprint density at radius 2 is 1.80 bits per heavy atom. The second-order valence-corrected chi connectivity index (χ2v) is 2.77. The first-order chi connectivity index (χ1) is 4.46. The molecule has 0 unspecified atom stereocenters. The van der Waals surface area contributed by atoms with E-state index in [0.717, 1.165) is 5.57 Å². The van der Waals surface area contributed by atoms with Crippen LogP contribution in [0.5, 0.6) is 0 Å². The molecule has 10 heavy (non-hydrogen) atoms. The molecule has 0 saturated carbocycles. The van der Waals surface area contributed by atoms with Crippen LogP contribution in [-0.4, -0.2) is 11.1 Å². The molecule has 0 aliphatic carbocycles. The van der Waals surface area contributed by atoms with Gasteiger partial charge in [-0.05, 0) is 19.8 Å². The first-order valence-electron chi connectivity index (χ1n) is 3.37. The van der Waals surface area contributed by atoms with Crippen molar-refractivity contribution in [1.82, 2.24) is 0 Å². The quantitative estimate of drug-likeness (QED) is 0.605. The molecule has 1 N–H and O–H groups in total. The number of aliphatic carboxylic acids is 1. The molecule has 0 fully saturated rings. The molecule has 0 aromatic carbocycles. The summed E-state index contributed by atoms with van der Waals surface area (Å²) in [5.41, 5.74) is 1.42. The normalized spacial score (nSPS) is 13.3. The highest BCUT2D eigenvalue weighted by molar-refractivity contribution is 5.86. The standard InChI is InChI=1S/C8H14O2.H2/c1-5(2)6(3)7(4)8(9)10;/h5H,1-4H3,(H,9,10);1H/b7-6+;/i;1+1. The molecule has 0 aliphatic rings. The van der Waals surface area contributed by atoms with Gasteiger partial charge in [-0.25, -0.2) is 4.79 Å². The van der Waals surface area contributed by atoms with Gasteiger partial charge in [-0.15, -0.1) is 0 Å². The second-order valence-electron chi connectivity index (χ2n) is 2.77. The van der Waals surface area contributed by atoms with E-state index in [1.165, 1.54) is 0 Å².